The van der Waals surface area contributed by atoms with Crippen molar-refractivity contribution in [2.45, 2.75) is 69.9 Å². The Balaban J connectivity index is 1.91. The molecule has 0 heterocycles. The van der Waals surface area contributed by atoms with E-state index in [4.69, 9.17) is 5.73 Å². The number of likely N-dealkylation sites (N-methyl/N-ethyl adjacent to an activating group) is 1. The molecule has 2 saturated carbocycles. The molecule has 0 aromatic carbocycles. The molecule has 2 rings (SSSR count). The van der Waals surface area contributed by atoms with E-state index in [9.17, 15) is 4.79 Å². The van der Waals surface area contributed by atoms with E-state index >= 15 is 0 Å². The van der Waals surface area contributed by atoms with Gasteiger partial charge in [-0.05, 0) is 64.6 Å². The summed E-state index contributed by atoms with van der Waals surface area (Å²) >= 11 is 0. The maximum atomic E-state index is 11.9. The minimum Gasteiger partial charge on any atom is -0.368 e. The fourth-order valence-electron chi connectivity index (χ4n) is 4.72. The molecule has 0 aromatic heterocycles. The Bertz CT molecular complexity index is 360. The molecule has 2 fully saturated rings. The molecule has 4 unspecified atom stereocenters. The van der Waals surface area contributed by atoms with E-state index in [-0.39, 0.29) is 5.91 Å². The molecule has 4 nitrogen and oxygen atoms in total. The zero-order chi connectivity index (χ0) is 15.5. The van der Waals surface area contributed by atoms with Crippen LogP contribution in [0.25, 0.3) is 0 Å². The van der Waals surface area contributed by atoms with Crippen LogP contribution in [0, 0.1) is 11.8 Å². The third-order valence-corrected chi connectivity index (χ3v) is 6.17. The Kier molecular flexibility index (Phi) is 5.67. The van der Waals surface area contributed by atoms with Crippen LogP contribution >= 0.6 is 0 Å². The molecule has 3 N–H and O–H groups in total. The van der Waals surface area contributed by atoms with E-state index in [0.29, 0.717) is 5.92 Å². The number of amides is 1. The highest BCUT2D eigenvalue weighted by atomic mass is 16.1. The van der Waals surface area contributed by atoms with E-state index in [0.717, 1.165) is 44.2 Å². The van der Waals surface area contributed by atoms with Gasteiger partial charge in [-0.15, -0.1) is 0 Å². The number of hydrogen-bond donors (Lipinski definition) is 2. The van der Waals surface area contributed by atoms with Crippen LogP contribution in [-0.4, -0.2) is 43.0 Å². The first-order valence-electron chi connectivity index (χ1n) is 8.70. The van der Waals surface area contributed by atoms with Gasteiger partial charge in [0.2, 0.25) is 5.91 Å². The smallest absolute Gasteiger partial charge is 0.238 e. The van der Waals surface area contributed by atoms with Gasteiger partial charge in [0.1, 0.15) is 5.54 Å². The highest BCUT2D eigenvalue weighted by molar-refractivity contribution is 5.85. The van der Waals surface area contributed by atoms with Crippen LogP contribution in [0.3, 0.4) is 0 Å². The lowest BCUT2D eigenvalue weighted by Gasteiger charge is -2.38. The van der Waals surface area contributed by atoms with Gasteiger partial charge in [-0.2, -0.15) is 0 Å². The zero-order valence-corrected chi connectivity index (χ0v) is 14.0. The first-order valence-corrected chi connectivity index (χ1v) is 8.70. The summed E-state index contributed by atoms with van der Waals surface area (Å²) in [4.78, 5) is 14.4. The molecular weight excluding hydrogens is 262 g/mol. The SMILES string of the molecule is CNC1(C(N)=O)CCCC1CCN(C)C1CCCCC1C. The molecule has 0 aromatic rings. The molecule has 0 saturated heterocycles. The number of nitrogens with two attached hydrogens (primary N) is 1. The van der Waals surface area contributed by atoms with Crippen LogP contribution < -0.4 is 11.1 Å². The average molecular weight is 295 g/mol. The maximum Gasteiger partial charge on any atom is 0.238 e. The molecule has 0 spiro atoms. The maximum absolute atomic E-state index is 11.9. The van der Waals surface area contributed by atoms with Gasteiger partial charge in [0.05, 0.1) is 0 Å². The van der Waals surface area contributed by atoms with Crippen LogP contribution in [-0.2, 0) is 4.79 Å². The fourth-order valence-corrected chi connectivity index (χ4v) is 4.72. The monoisotopic (exact) mass is 295 g/mol. The standard InChI is InChI=1S/C17H33N3O/c1-13-7-4-5-9-15(13)20(3)12-10-14-8-6-11-17(14,19-2)16(18)21/h13-15,19H,4-12H2,1-3H3,(H2,18,21). The van der Waals surface area contributed by atoms with Gasteiger partial charge in [0, 0.05) is 6.04 Å². The van der Waals surface area contributed by atoms with E-state index in [1.54, 1.807) is 0 Å². The molecule has 4 heteroatoms. The normalized spacial score (nSPS) is 37.0. The Morgan fingerprint density at radius 3 is 2.62 bits per heavy atom. The van der Waals surface area contributed by atoms with Crippen LogP contribution in [0.4, 0.5) is 0 Å². The summed E-state index contributed by atoms with van der Waals surface area (Å²) in [6.45, 7) is 3.47. The molecule has 0 bridgehead atoms. The molecule has 1 amide bonds. The fraction of sp³-hybridized carbons (Fsp3) is 0.941. The number of carbonyl (C=O) groups excluding carboxylic acids is 1. The molecule has 0 radical (unpaired) electrons. The number of nitrogens with one attached hydrogen (secondary N) is 1. The predicted octanol–water partition coefficient (Wildman–Crippen LogP) is 2.13. The van der Waals surface area contributed by atoms with E-state index in [1.807, 2.05) is 7.05 Å². The zero-order valence-electron chi connectivity index (χ0n) is 14.0. The van der Waals surface area contributed by atoms with Gasteiger partial charge in [0.25, 0.3) is 0 Å². The number of hydrogen-bond acceptors (Lipinski definition) is 3. The van der Waals surface area contributed by atoms with Crippen molar-refractivity contribution >= 4 is 5.91 Å². The number of nitrogens with zero attached hydrogens (tertiary/aromatic N) is 1. The van der Waals surface area contributed by atoms with Gasteiger partial charge in [-0.1, -0.05) is 26.2 Å². The molecule has 0 aliphatic heterocycles. The lowest BCUT2D eigenvalue weighted by Crippen LogP contribution is -2.57. The van der Waals surface area contributed by atoms with E-state index in [2.05, 4.69) is 24.2 Å². The highest BCUT2D eigenvalue weighted by Crippen LogP contribution is 2.38. The van der Waals surface area contributed by atoms with Gasteiger partial charge in [-0.25, -0.2) is 0 Å². The van der Waals surface area contributed by atoms with Crippen molar-refractivity contribution < 1.29 is 4.79 Å². The van der Waals surface area contributed by atoms with Crippen molar-refractivity contribution in [3.05, 3.63) is 0 Å². The molecule has 21 heavy (non-hydrogen) atoms. The van der Waals surface area contributed by atoms with Crippen molar-refractivity contribution in [2.24, 2.45) is 17.6 Å². The second-order valence-electron chi connectivity index (χ2n) is 7.27. The van der Waals surface area contributed by atoms with Crippen LogP contribution in [0.15, 0.2) is 0 Å². The Hall–Kier alpha value is -0.610. The molecule has 122 valence electrons. The van der Waals surface area contributed by atoms with Crippen molar-refractivity contribution in [3.8, 4) is 0 Å². The lowest BCUT2D eigenvalue weighted by molar-refractivity contribution is -0.125. The second kappa shape index (κ2) is 7.10. The first kappa shape index (κ1) is 16.8. The van der Waals surface area contributed by atoms with Crippen LogP contribution in [0.5, 0.6) is 0 Å². The van der Waals surface area contributed by atoms with Crippen molar-refractivity contribution in [1.82, 2.24) is 10.2 Å². The molecule has 2 aliphatic rings. The summed E-state index contributed by atoms with van der Waals surface area (Å²) in [7, 11) is 4.14. The minimum atomic E-state index is -0.459. The predicted molar refractivity (Wildman–Crippen MR) is 87.0 cm³/mol. The average Bonchev–Trinajstić information content (AvgIpc) is 2.89. The van der Waals surface area contributed by atoms with Crippen molar-refractivity contribution in [2.75, 3.05) is 20.6 Å². The third-order valence-electron chi connectivity index (χ3n) is 6.17. The lowest BCUT2D eigenvalue weighted by atomic mass is 9.82. The summed E-state index contributed by atoms with van der Waals surface area (Å²) < 4.78 is 0. The molecular formula is C17H33N3O. The van der Waals surface area contributed by atoms with Crippen LogP contribution in [0.2, 0.25) is 0 Å². The van der Waals surface area contributed by atoms with Gasteiger partial charge in [0.15, 0.2) is 0 Å². The quantitative estimate of drug-likeness (QED) is 0.789. The summed E-state index contributed by atoms with van der Waals surface area (Å²) in [5.74, 6) is 1.03. The summed E-state index contributed by atoms with van der Waals surface area (Å²) in [6, 6.07) is 0.720. The van der Waals surface area contributed by atoms with Crippen LogP contribution in [0.1, 0.15) is 58.3 Å². The topological polar surface area (TPSA) is 58.4 Å². The van der Waals surface area contributed by atoms with E-state index < -0.39 is 5.54 Å². The Morgan fingerprint density at radius 2 is 2.00 bits per heavy atom. The minimum absolute atomic E-state index is 0.166. The second-order valence-corrected chi connectivity index (χ2v) is 7.27. The Morgan fingerprint density at radius 1 is 1.29 bits per heavy atom. The third kappa shape index (κ3) is 3.42. The number of primary amides is 1. The van der Waals surface area contributed by atoms with Crippen molar-refractivity contribution in [1.29, 1.82) is 0 Å². The Labute approximate surface area is 129 Å². The first-order chi connectivity index (χ1) is 10.0. The number of carbonyl (C=O) groups is 1. The largest absolute Gasteiger partial charge is 0.368 e. The molecule has 2 aliphatic carbocycles. The van der Waals surface area contributed by atoms with Gasteiger partial charge < -0.3 is 16.0 Å². The summed E-state index contributed by atoms with van der Waals surface area (Å²) in [5, 5.41) is 3.25. The van der Waals surface area contributed by atoms with E-state index in [1.165, 1.54) is 25.7 Å². The highest BCUT2D eigenvalue weighted by Gasteiger charge is 2.46. The number of rotatable bonds is 6. The molecule has 4 atom stereocenters. The summed E-state index contributed by atoms with van der Waals surface area (Å²) in [5.41, 5.74) is 5.23. The van der Waals surface area contributed by atoms with Gasteiger partial charge in [-0.3, -0.25) is 4.79 Å². The van der Waals surface area contributed by atoms with Crippen molar-refractivity contribution in [3.63, 3.8) is 0 Å². The van der Waals surface area contributed by atoms with Gasteiger partial charge >= 0.3 is 0 Å². The summed E-state index contributed by atoms with van der Waals surface area (Å²) in [6.07, 6.45) is 9.64.